The van der Waals surface area contributed by atoms with Crippen molar-refractivity contribution in [2.75, 3.05) is 13.2 Å². The second-order valence-electron chi connectivity index (χ2n) is 24.1. The first kappa shape index (κ1) is 79.6. The minimum Gasteiger partial charge on any atom is -0.462 e. The van der Waals surface area contributed by atoms with Crippen molar-refractivity contribution in [1.29, 1.82) is 0 Å². The molecule has 0 saturated carbocycles. The van der Waals surface area contributed by atoms with Gasteiger partial charge in [-0.2, -0.15) is 0 Å². The van der Waals surface area contributed by atoms with Gasteiger partial charge in [0.05, 0.1) is 0 Å². The summed E-state index contributed by atoms with van der Waals surface area (Å²) in [6.07, 6.45) is 94.9. The Morgan fingerprint density at radius 2 is 0.470 bits per heavy atom. The molecule has 0 spiro atoms. The highest BCUT2D eigenvalue weighted by atomic mass is 16.6. The van der Waals surface area contributed by atoms with E-state index in [1.165, 1.54) is 231 Å². The lowest BCUT2D eigenvalue weighted by Crippen LogP contribution is -2.30. The van der Waals surface area contributed by atoms with Crippen LogP contribution >= 0.6 is 0 Å². The van der Waals surface area contributed by atoms with E-state index >= 15 is 0 Å². The van der Waals surface area contributed by atoms with Crippen LogP contribution in [0.1, 0.15) is 367 Å². The molecule has 0 aromatic heterocycles. The van der Waals surface area contributed by atoms with E-state index in [2.05, 4.69) is 106 Å². The number of esters is 3. The van der Waals surface area contributed by atoms with Gasteiger partial charge in [0.15, 0.2) is 6.10 Å². The van der Waals surface area contributed by atoms with Crippen molar-refractivity contribution in [2.45, 2.75) is 374 Å². The lowest BCUT2D eigenvalue weighted by Gasteiger charge is -2.18. The van der Waals surface area contributed by atoms with Gasteiger partial charge in [0.2, 0.25) is 0 Å². The molecule has 0 rings (SSSR count). The summed E-state index contributed by atoms with van der Waals surface area (Å²) < 4.78 is 16.9. The van der Waals surface area contributed by atoms with Crippen molar-refractivity contribution < 1.29 is 28.6 Å². The first-order valence-corrected chi connectivity index (χ1v) is 36.1. The highest BCUT2D eigenvalue weighted by molar-refractivity contribution is 5.71. The van der Waals surface area contributed by atoms with Crippen LogP contribution in [-0.2, 0) is 28.6 Å². The Labute approximate surface area is 515 Å². The number of allylic oxidation sites excluding steroid dienone is 14. The van der Waals surface area contributed by atoms with Crippen LogP contribution in [-0.4, -0.2) is 37.2 Å². The van der Waals surface area contributed by atoms with E-state index in [4.69, 9.17) is 14.2 Å². The van der Waals surface area contributed by atoms with Crippen LogP contribution in [0.2, 0.25) is 0 Å². The van der Waals surface area contributed by atoms with Gasteiger partial charge in [0, 0.05) is 19.3 Å². The summed E-state index contributed by atoms with van der Waals surface area (Å²) in [5.74, 6) is -0.856. The summed E-state index contributed by atoms with van der Waals surface area (Å²) in [4.78, 5) is 38.3. The lowest BCUT2D eigenvalue weighted by molar-refractivity contribution is -0.167. The maximum absolute atomic E-state index is 12.9. The first-order chi connectivity index (χ1) is 41.0. The predicted octanol–water partition coefficient (Wildman–Crippen LogP) is 25.0. The fourth-order valence-corrected chi connectivity index (χ4v) is 10.5. The quantitative estimate of drug-likeness (QED) is 0.0261. The molecule has 0 radical (unpaired) electrons. The van der Waals surface area contributed by atoms with Gasteiger partial charge >= 0.3 is 17.9 Å². The molecule has 0 aliphatic heterocycles. The SMILES string of the molecule is CC/C=C\C/C=C\C/C=C\C/C=C\C/C=C\C/C=C\CCCCCCCCCCCCCCCCC(=O)OCC(COC(=O)CCCCCCCCCCC)OC(=O)CCCCCCCCCCCCC/C=C\CCCCCCCCCC. The predicted molar refractivity (Wildman–Crippen MR) is 362 cm³/mol. The van der Waals surface area contributed by atoms with Crippen LogP contribution in [0.3, 0.4) is 0 Å². The lowest BCUT2D eigenvalue weighted by atomic mass is 10.0. The summed E-state index contributed by atoms with van der Waals surface area (Å²) in [6.45, 7) is 6.55. The van der Waals surface area contributed by atoms with E-state index in [1.54, 1.807) is 0 Å². The fraction of sp³-hybridized carbons (Fsp3) is 0.779. The molecular weight excluding hydrogens is 1020 g/mol. The Bertz CT molecular complexity index is 1570. The topological polar surface area (TPSA) is 78.9 Å². The van der Waals surface area contributed by atoms with Crippen LogP contribution in [0.4, 0.5) is 0 Å². The molecule has 0 bridgehead atoms. The summed E-state index contributed by atoms with van der Waals surface area (Å²) >= 11 is 0. The molecule has 0 aliphatic rings. The normalized spacial score (nSPS) is 12.6. The number of hydrogen-bond acceptors (Lipinski definition) is 6. The van der Waals surface area contributed by atoms with Crippen molar-refractivity contribution in [3.8, 4) is 0 Å². The van der Waals surface area contributed by atoms with E-state index < -0.39 is 6.10 Å². The Kier molecular flexibility index (Phi) is 68.2. The van der Waals surface area contributed by atoms with E-state index in [0.29, 0.717) is 19.3 Å². The molecule has 0 amide bonds. The zero-order chi connectivity index (χ0) is 59.9. The number of unbranched alkanes of at least 4 members (excludes halogenated alkanes) is 41. The van der Waals surface area contributed by atoms with Gasteiger partial charge in [-0.1, -0.05) is 337 Å². The van der Waals surface area contributed by atoms with Gasteiger partial charge in [-0.05, 0) is 96.3 Å². The smallest absolute Gasteiger partial charge is 0.306 e. The molecule has 0 saturated heterocycles. The van der Waals surface area contributed by atoms with Crippen molar-refractivity contribution in [3.05, 3.63) is 85.1 Å². The number of rotatable bonds is 66. The summed E-state index contributed by atoms with van der Waals surface area (Å²) in [6, 6.07) is 0. The third-order valence-corrected chi connectivity index (χ3v) is 15.9. The zero-order valence-electron chi connectivity index (χ0n) is 55.2. The third kappa shape index (κ3) is 69.3. The average Bonchev–Trinajstić information content (AvgIpc) is 3.49. The van der Waals surface area contributed by atoms with E-state index in [-0.39, 0.29) is 31.1 Å². The molecule has 0 N–H and O–H groups in total. The van der Waals surface area contributed by atoms with Gasteiger partial charge in [0.25, 0.3) is 0 Å². The highest BCUT2D eigenvalue weighted by Gasteiger charge is 2.19. The van der Waals surface area contributed by atoms with E-state index in [9.17, 15) is 14.4 Å². The largest absolute Gasteiger partial charge is 0.462 e. The maximum Gasteiger partial charge on any atom is 0.306 e. The van der Waals surface area contributed by atoms with Crippen molar-refractivity contribution >= 4 is 17.9 Å². The molecule has 0 heterocycles. The number of ether oxygens (including phenoxy) is 3. The van der Waals surface area contributed by atoms with E-state index in [1.807, 2.05) is 0 Å². The molecule has 0 aliphatic carbocycles. The third-order valence-electron chi connectivity index (χ3n) is 15.9. The monoisotopic (exact) mass is 1160 g/mol. The molecule has 0 aromatic rings. The molecule has 1 unspecified atom stereocenters. The summed E-state index contributed by atoms with van der Waals surface area (Å²) in [5, 5.41) is 0. The van der Waals surface area contributed by atoms with Crippen molar-refractivity contribution in [3.63, 3.8) is 0 Å². The summed E-state index contributed by atoms with van der Waals surface area (Å²) in [7, 11) is 0. The molecule has 83 heavy (non-hydrogen) atoms. The second kappa shape index (κ2) is 71.1. The average molecular weight is 1160 g/mol. The minimum atomic E-state index is -0.774. The first-order valence-electron chi connectivity index (χ1n) is 36.1. The zero-order valence-corrected chi connectivity index (χ0v) is 55.2. The van der Waals surface area contributed by atoms with Crippen LogP contribution in [0, 0.1) is 0 Å². The Balaban J connectivity index is 4.11. The van der Waals surface area contributed by atoms with E-state index in [0.717, 1.165) is 96.3 Å². The minimum absolute atomic E-state index is 0.0714. The molecule has 0 aromatic carbocycles. The fourth-order valence-electron chi connectivity index (χ4n) is 10.5. The van der Waals surface area contributed by atoms with Crippen LogP contribution < -0.4 is 0 Å². The Morgan fingerprint density at radius 1 is 0.253 bits per heavy atom. The number of hydrogen-bond donors (Lipinski definition) is 0. The van der Waals surface area contributed by atoms with Gasteiger partial charge in [0.1, 0.15) is 13.2 Å². The Morgan fingerprint density at radius 3 is 0.747 bits per heavy atom. The van der Waals surface area contributed by atoms with Crippen LogP contribution in [0.25, 0.3) is 0 Å². The standard InChI is InChI=1S/C77H136O6/c1-4-7-10-13-16-19-21-23-25-27-29-31-33-34-35-36-37-38-39-40-41-42-44-45-47-49-51-53-55-58-61-64-67-70-76(79)82-73-74(72-81-75(78)69-66-63-60-57-18-15-12-9-6-3)83-77(80)71-68-65-62-59-56-54-52-50-48-46-43-32-30-28-26-24-22-20-17-14-11-8-5-2/h7,10,16,19,23,25,28-31,34-35,37-38,74H,4-6,8-9,11-15,17-18,20-22,24,26-27,32-33,36,39-73H2,1-3H3/b10-7-,19-16-,25-23-,30-28-,31-29-,35-34-,38-37-. The van der Waals surface area contributed by atoms with Crippen LogP contribution in [0.15, 0.2) is 85.1 Å². The van der Waals surface area contributed by atoms with Crippen molar-refractivity contribution in [2.24, 2.45) is 0 Å². The van der Waals surface area contributed by atoms with Crippen molar-refractivity contribution in [1.82, 2.24) is 0 Å². The molecule has 6 nitrogen and oxygen atoms in total. The van der Waals surface area contributed by atoms with Gasteiger partial charge in [-0.25, -0.2) is 0 Å². The van der Waals surface area contributed by atoms with Crippen LogP contribution in [0.5, 0.6) is 0 Å². The molecule has 480 valence electrons. The molecule has 6 heteroatoms. The number of carbonyl (C=O) groups excluding carboxylic acids is 3. The molecule has 0 fully saturated rings. The summed E-state index contributed by atoms with van der Waals surface area (Å²) in [5.41, 5.74) is 0. The molecular formula is C77H136O6. The van der Waals surface area contributed by atoms with Gasteiger partial charge in [-0.3, -0.25) is 14.4 Å². The highest BCUT2D eigenvalue weighted by Crippen LogP contribution is 2.18. The van der Waals surface area contributed by atoms with Gasteiger partial charge in [-0.15, -0.1) is 0 Å². The molecule has 1 atom stereocenters. The second-order valence-corrected chi connectivity index (χ2v) is 24.1. The Hall–Kier alpha value is -3.41. The number of carbonyl (C=O) groups is 3. The maximum atomic E-state index is 12.9. The van der Waals surface area contributed by atoms with Gasteiger partial charge < -0.3 is 14.2 Å².